The van der Waals surface area contributed by atoms with Gasteiger partial charge in [0.1, 0.15) is 0 Å². The van der Waals surface area contributed by atoms with Gasteiger partial charge >= 0.3 is 0 Å². The van der Waals surface area contributed by atoms with Gasteiger partial charge in [-0.05, 0) is 64.9 Å². The van der Waals surface area contributed by atoms with E-state index in [0.29, 0.717) is 12.4 Å². The van der Waals surface area contributed by atoms with Crippen LogP contribution in [0.3, 0.4) is 0 Å². The fraction of sp³-hybridized carbons (Fsp3) is 0.143. The van der Waals surface area contributed by atoms with Crippen molar-refractivity contribution in [3.8, 4) is 16.9 Å². The quantitative estimate of drug-likeness (QED) is 0.747. The number of rotatable bonds is 3. The van der Waals surface area contributed by atoms with Gasteiger partial charge in [0, 0.05) is 3.57 Å². The Balaban J connectivity index is 2.34. The average Bonchev–Trinajstić information content (AvgIpc) is 2.33. The lowest BCUT2D eigenvalue weighted by atomic mass is 10.1. The number of hydrogen-bond donors (Lipinski definition) is 0. The van der Waals surface area contributed by atoms with E-state index in [1.807, 2.05) is 37.3 Å². The van der Waals surface area contributed by atoms with Crippen LogP contribution in [0.2, 0.25) is 0 Å². The van der Waals surface area contributed by atoms with Crippen LogP contribution in [0, 0.1) is 9.39 Å². The maximum absolute atomic E-state index is 13.7. The van der Waals surface area contributed by atoms with E-state index in [1.165, 1.54) is 6.07 Å². The van der Waals surface area contributed by atoms with Gasteiger partial charge in [0.05, 0.1) is 6.61 Å². The van der Waals surface area contributed by atoms with Gasteiger partial charge in [-0.2, -0.15) is 0 Å². The van der Waals surface area contributed by atoms with E-state index in [1.54, 1.807) is 6.07 Å². The Morgan fingerprint density at radius 1 is 1.06 bits per heavy atom. The average molecular weight is 342 g/mol. The molecule has 0 unspecified atom stereocenters. The topological polar surface area (TPSA) is 9.23 Å². The first kappa shape index (κ1) is 12.4. The molecule has 0 saturated heterocycles. The third-order valence-electron chi connectivity index (χ3n) is 2.41. The van der Waals surface area contributed by atoms with Crippen LogP contribution in [0.4, 0.5) is 4.39 Å². The van der Waals surface area contributed by atoms with Crippen molar-refractivity contribution < 1.29 is 9.13 Å². The van der Waals surface area contributed by atoms with E-state index in [-0.39, 0.29) is 5.82 Å². The van der Waals surface area contributed by atoms with Gasteiger partial charge < -0.3 is 4.74 Å². The summed E-state index contributed by atoms with van der Waals surface area (Å²) in [4.78, 5) is 0. The van der Waals surface area contributed by atoms with Crippen LogP contribution in [0.25, 0.3) is 11.1 Å². The zero-order chi connectivity index (χ0) is 12.3. The zero-order valence-corrected chi connectivity index (χ0v) is 11.6. The monoisotopic (exact) mass is 342 g/mol. The molecule has 0 saturated carbocycles. The summed E-state index contributed by atoms with van der Waals surface area (Å²) in [5.41, 5.74) is 1.87. The summed E-state index contributed by atoms with van der Waals surface area (Å²) < 4.78 is 20.0. The molecule has 3 heteroatoms. The fourth-order valence-corrected chi connectivity index (χ4v) is 1.95. The maximum atomic E-state index is 13.7. The van der Waals surface area contributed by atoms with Crippen molar-refractivity contribution in [3.05, 3.63) is 51.9 Å². The fourth-order valence-electron chi connectivity index (χ4n) is 1.60. The predicted octanol–water partition coefficient (Wildman–Crippen LogP) is 4.50. The summed E-state index contributed by atoms with van der Waals surface area (Å²) in [5, 5.41) is 0. The smallest absolute Gasteiger partial charge is 0.165 e. The van der Waals surface area contributed by atoms with E-state index in [0.717, 1.165) is 14.7 Å². The molecule has 0 bridgehead atoms. The van der Waals surface area contributed by atoms with Crippen molar-refractivity contribution in [3.63, 3.8) is 0 Å². The van der Waals surface area contributed by atoms with Gasteiger partial charge in [0.25, 0.3) is 0 Å². The molecule has 0 heterocycles. The summed E-state index contributed by atoms with van der Waals surface area (Å²) in [6.45, 7) is 2.31. The molecule has 0 aliphatic heterocycles. The minimum absolute atomic E-state index is 0.307. The SMILES string of the molecule is CCOc1ccc(-c2ccc(I)cc2)cc1F. The molecule has 0 aliphatic carbocycles. The Hall–Kier alpha value is -1.10. The highest BCUT2D eigenvalue weighted by Gasteiger charge is 2.05. The molecule has 17 heavy (non-hydrogen) atoms. The van der Waals surface area contributed by atoms with E-state index >= 15 is 0 Å². The first-order valence-corrected chi connectivity index (χ1v) is 6.47. The Morgan fingerprint density at radius 2 is 1.71 bits per heavy atom. The van der Waals surface area contributed by atoms with E-state index in [4.69, 9.17) is 4.74 Å². The van der Waals surface area contributed by atoms with Crippen molar-refractivity contribution in [1.82, 2.24) is 0 Å². The third kappa shape index (κ3) is 2.97. The first-order valence-electron chi connectivity index (χ1n) is 5.39. The largest absolute Gasteiger partial charge is 0.491 e. The molecule has 2 rings (SSSR count). The highest BCUT2D eigenvalue weighted by Crippen LogP contribution is 2.26. The Morgan fingerprint density at radius 3 is 2.29 bits per heavy atom. The summed E-state index contributed by atoms with van der Waals surface area (Å²) in [6, 6.07) is 13.0. The minimum Gasteiger partial charge on any atom is -0.491 e. The highest BCUT2D eigenvalue weighted by atomic mass is 127. The molecule has 0 atom stereocenters. The lowest BCUT2D eigenvalue weighted by molar-refractivity contribution is 0.321. The summed E-state index contributed by atoms with van der Waals surface area (Å²) in [6.07, 6.45) is 0. The lowest BCUT2D eigenvalue weighted by Crippen LogP contribution is -1.94. The van der Waals surface area contributed by atoms with Crippen molar-refractivity contribution in [2.24, 2.45) is 0 Å². The summed E-state index contributed by atoms with van der Waals surface area (Å²) in [5.74, 6) is -0.00957. The second-order valence-corrected chi connectivity index (χ2v) is 4.83. The minimum atomic E-state index is -0.317. The molecule has 0 aliphatic rings. The van der Waals surface area contributed by atoms with Crippen LogP contribution in [0.5, 0.6) is 5.75 Å². The van der Waals surface area contributed by atoms with Gasteiger partial charge in [-0.1, -0.05) is 18.2 Å². The van der Waals surface area contributed by atoms with E-state index in [9.17, 15) is 4.39 Å². The van der Waals surface area contributed by atoms with Crippen LogP contribution >= 0.6 is 22.6 Å². The molecule has 0 amide bonds. The zero-order valence-electron chi connectivity index (χ0n) is 9.41. The summed E-state index contributed by atoms with van der Waals surface area (Å²) >= 11 is 2.24. The van der Waals surface area contributed by atoms with E-state index < -0.39 is 0 Å². The van der Waals surface area contributed by atoms with Crippen LogP contribution in [0.1, 0.15) is 6.92 Å². The van der Waals surface area contributed by atoms with Gasteiger partial charge in [0.15, 0.2) is 11.6 Å². The molecule has 1 nitrogen and oxygen atoms in total. The highest BCUT2D eigenvalue weighted by molar-refractivity contribution is 14.1. The second-order valence-electron chi connectivity index (χ2n) is 3.59. The molecule has 0 N–H and O–H groups in total. The normalized spacial score (nSPS) is 10.3. The molecule has 0 radical (unpaired) electrons. The molecular formula is C14H12FIO. The Kier molecular flexibility index (Phi) is 3.99. The van der Waals surface area contributed by atoms with Crippen molar-refractivity contribution >= 4 is 22.6 Å². The number of benzene rings is 2. The van der Waals surface area contributed by atoms with Gasteiger partial charge in [-0.3, -0.25) is 0 Å². The van der Waals surface area contributed by atoms with Gasteiger partial charge in [-0.25, -0.2) is 4.39 Å². The molecule has 2 aromatic rings. The van der Waals surface area contributed by atoms with Crippen molar-refractivity contribution in [2.45, 2.75) is 6.92 Å². The van der Waals surface area contributed by atoms with Crippen molar-refractivity contribution in [1.29, 1.82) is 0 Å². The molecule has 2 aromatic carbocycles. The van der Waals surface area contributed by atoms with Crippen LogP contribution in [0.15, 0.2) is 42.5 Å². The first-order chi connectivity index (χ1) is 8.20. The molecule has 0 aromatic heterocycles. The second kappa shape index (κ2) is 5.49. The van der Waals surface area contributed by atoms with E-state index in [2.05, 4.69) is 22.6 Å². The molecule has 0 fully saturated rings. The van der Waals surface area contributed by atoms with Crippen molar-refractivity contribution in [2.75, 3.05) is 6.61 Å². The Bertz CT molecular complexity index is 508. The number of ether oxygens (including phenoxy) is 1. The number of hydrogen-bond acceptors (Lipinski definition) is 1. The third-order valence-corrected chi connectivity index (χ3v) is 3.13. The van der Waals surface area contributed by atoms with Crippen LogP contribution in [-0.2, 0) is 0 Å². The van der Waals surface area contributed by atoms with Crippen LogP contribution in [-0.4, -0.2) is 6.61 Å². The van der Waals surface area contributed by atoms with Gasteiger partial charge in [-0.15, -0.1) is 0 Å². The molecular weight excluding hydrogens is 330 g/mol. The molecule has 0 spiro atoms. The predicted molar refractivity (Wildman–Crippen MR) is 75.7 cm³/mol. The summed E-state index contributed by atoms with van der Waals surface area (Å²) in [7, 11) is 0. The Labute approximate surface area is 114 Å². The lowest BCUT2D eigenvalue weighted by Gasteiger charge is -2.07. The number of halogens is 2. The maximum Gasteiger partial charge on any atom is 0.165 e. The molecule has 88 valence electrons. The van der Waals surface area contributed by atoms with Crippen LogP contribution < -0.4 is 4.74 Å². The standard InChI is InChI=1S/C14H12FIO/c1-2-17-14-8-5-11(9-13(14)15)10-3-6-12(16)7-4-10/h3-9H,2H2,1H3. The van der Waals surface area contributed by atoms with Gasteiger partial charge in [0.2, 0.25) is 0 Å².